The van der Waals surface area contributed by atoms with E-state index < -0.39 is 5.97 Å². The molecule has 1 saturated heterocycles. The van der Waals surface area contributed by atoms with Crippen LogP contribution in [0, 0.1) is 0 Å². The quantitative estimate of drug-likeness (QED) is 0.503. The average molecular weight is 380 g/mol. The number of benzene rings is 1. The van der Waals surface area contributed by atoms with Gasteiger partial charge in [0.2, 0.25) is 0 Å². The van der Waals surface area contributed by atoms with Crippen molar-refractivity contribution in [2.45, 2.75) is 20.3 Å². The molecule has 0 spiro atoms. The highest BCUT2D eigenvalue weighted by Gasteiger charge is 2.31. The molecule has 25 heavy (non-hydrogen) atoms. The molecule has 0 unspecified atom stereocenters. The summed E-state index contributed by atoms with van der Waals surface area (Å²) in [6.45, 7) is 4.80. The van der Waals surface area contributed by atoms with Gasteiger partial charge in [0.25, 0.3) is 5.91 Å². The van der Waals surface area contributed by atoms with Crippen LogP contribution < -0.4 is 14.6 Å². The lowest BCUT2D eigenvalue weighted by Crippen LogP contribution is -2.33. The molecule has 0 saturated carbocycles. The van der Waals surface area contributed by atoms with Crippen LogP contribution in [0.15, 0.2) is 23.1 Å². The van der Waals surface area contributed by atoms with Crippen LogP contribution in [0.5, 0.6) is 11.5 Å². The molecule has 0 atom stereocenters. The molecule has 1 aliphatic rings. The minimum atomic E-state index is -1.22. The van der Waals surface area contributed by atoms with Gasteiger partial charge in [0.15, 0.2) is 11.5 Å². The summed E-state index contributed by atoms with van der Waals surface area (Å²) < 4.78 is 11.4. The van der Waals surface area contributed by atoms with Crippen molar-refractivity contribution >= 4 is 46.3 Å². The number of hydrogen-bond donors (Lipinski definition) is 0. The Hall–Kier alpha value is -2.06. The maximum Gasteiger partial charge on any atom is 0.266 e. The molecule has 8 heteroatoms. The second kappa shape index (κ2) is 8.87. The zero-order valence-corrected chi connectivity index (χ0v) is 15.6. The van der Waals surface area contributed by atoms with Gasteiger partial charge in [-0.3, -0.25) is 9.69 Å². The molecule has 1 heterocycles. The van der Waals surface area contributed by atoms with E-state index in [1.807, 2.05) is 19.9 Å². The number of thiocarbonyl (C=S) groups is 1. The molecule has 2 rings (SSSR count). The maximum atomic E-state index is 12.4. The minimum Gasteiger partial charge on any atom is -0.550 e. The third kappa shape index (κ3) is 4.96. The van der Waals surface area contributed by atoms with Crippen molar-refractivity contribution in [2.24, 2.45) is 0 Å². The summed E-state index contributed by atoms with van der Waals surface area (Å²) in [6, 6.07) is 5.40. The number of aliphatic carboxylic acids is 1. The number of carboxylic acid groups (broad SMARTS) is 1. The number of carboxylic acids is 1. The maximum absolute atomic E-state index is 12.4. The number of hydrogen-bond acceptors (Lipinski definition) is 7. The van der Waals surface area contributed by atoms with E-state index in [9.17, 15) is 14.7 Å². The summed E-state index contributed by atoms with van der Waals surface area (Å²) >= 11 is 6.30. The van der Waals surface area contributed by atoms with E-state index in [1.165, 1.54) is 4.90 Å². The summed E-state index contributed by atoms with van der Waals surface area (Å²) in [4.78, 5) is 24.7. The number of carbonyl (C=O) groups excluding carboxylic acids is 2. The summed E-state index contributed by atoms with van der Waals surface area (Å²) in [7, 11) is 0. The lowest BCUT2D eigenvalue weighted by atomic mass is 10.2. The highest BCUT2D eigenvalue weighted by atomic mass is 32.2. The summed E-state index contributed by atoms with van der Waals surface area (Å²) in [6.07, 6.45) is 1.45. The van der Waals surface area contributed by atoms with Crippen molar-refractivity contribution < 1.29 is 24.2 Å². The van der Waals surface area contributed by atoms with E-state index in [2.05, 4.69) is 0 Å². The Balaban J connectivity index is 2.22. The Morgan fingerprint density at radius 2 is 1.96 bits per heavy atom. The van der Waals surface area contributed by atoms with Crippen LogP contribution in [0.4, 0.5) is 0 Å². The predicted molar refractivity (Wildman–Crippen MR) is 98.3 cm³/mol. The van der Waals surface area contributed by atoms with Crippen molar-refractivity contribution in [3.8, 4) is 11.5 Å². The topological polar surface area (TPSA) is 78.9 Å². The first-order valence-corrected chi connectivity index (χ1v) is 9.03. The third-order valence-electron chi connectivity index (χ3n) is 3.28. The van der Waals surface area contributed by atoms with Crippen molar-refractivity contribution in [1.29, 1.82) is 0 Å². The number of rotatable bonds is 8. The number of ether oxygens (including phenoxy) is 2. The van der Waals surface area contributed by atoms with Crippen LogP contribution >= 0.6 is 24.0 Å². The van der Waals surface area contributed by atoms with Crippen LogP contribution in [-0.4, -0.2) is 40.9 Å². The van der Waals surface area contributed by atoms with E-state index in [-0.39, 0.29) is 18.9 Å². The molecule has 0 aromatic heterocycles. The Morgan fingerprint density at radius 1 is 1.28 bits per heavy atom. The van der Waals surface area contributed by atoms with E-state index in [0.29, 0.717) is 33.9 Å². The highest BCUT2D eigenvalue weighted by Crippen LogP contribution is 2.34. The van der Waals surface area contributed by atoms with E-state index >= 15 is 0 Å². The SMILES string of the molecule is CCOc1ccc(/C=C2\SC(=S)N(CCC(=O)[O-])C2=O)cc1OCC. The Bertz CT molecular complexity index is 717. The van der Waals surface area contributed by atoms with Gasteiger partial charge in [-0.25, -0.2) is 0 Å². The first kappa shape index (κ1) is 19.3. The Morgan fingerprint density at radius 3 is 2.60 bits per heavy atom. The second-order valence-electron chi connectivity index (χ2n) is 5.03. The molecule has 1 aromatic rings. The summed E-state index contributed by atoms with van der Waals surface area (Å²) in [5.74, 6) is -0.275. The first-order chi connectivity index (χ1) is 12.0. The predicted octanol–water partition coefficient (Wildman–Crippen LogP) is 1.83. The molecule has 1 aromatic carbocycles. The zero-order chi connectivity index (χ0) is 18.4. The van der Waals surface area contributed by atoms with Crippen molar-refractivity contribution in [3.05, 3.63) is 28.7 Å². The largest absolute Gasteiger partial charge is 0.550 e. The van der Waals surface area contributed by atoms with Crippen LogP contribution in [0.1, 0.15) is 25.8 Å². The average Bonchev–Trinajstić information content (AvgIpc) is 2.82. The van der Waals surface area contributed by atoms with Gasteiger partial charge in [0, 0.05) is 18.9 Å². The van der Waals surface area contributed by atoms with E-state index in [4.69, 9.17) is 21.7 Å². The summed E-state index contributed by atoms with van der Waals surface area (Å²) in [5.41, 5.74) is 0.771. The van der Waals surface area contributed by atoms with Crippen LogP contribution in [-0.2, 0) is 9.59 Å². The molecule has 1 fully saturated rings. The zero-order valence-electron chi connectivity index (χ0n) is 13.9. The smallest absolute Gasteiger partial charge is 0.266 e. The van der Waals surface area contributed by atoms with Crippen molar-refractivity contribution in [1.82, 2.24) is 4.90 Å². The Kier molecular flexibility index (Phi) is 6.83. The van der Waals surface area contributed by atoms with Gasteiger partial charge in [-0.15, -0.1) is 0 Å². The van der Waals surface area contributed by atoms with Gasteiger partial charge in [-0.05, 0) is 37.6 Å². The summed E-state index contributed by atoms with van der Waals surface area (Å²) in [5, 5.41) is 10.6. The fourth-order valence-corrected chi connectivity index (χ4v) is 3.51. The van der Waals surface area contributed by atoms with E-state index in [0.717, 1.165) is 17.3 Å². The molecule has 0 bridgehead atoms. The molecule has 0 aliphatic carbocycles. The number of thioether (sulfide) groups is 1. The standard InChI is InChI=1S/C17H19NO5S2/c1-3-22-12-6-5-11(9-13(12)23-4-2)10-14-16(21)18(17(24)25-14)8-7-15(19)20/h5-6,9-10H,3-4,7-8H2,1-2H3,(H,19,20)/p-1/b14-10-. The third-order valence-corrected chi connectivity index (χ3v) is 4.66. The number of nitrogens with zero attached hydrogens (tertiary/aromatic N) is 1. The van der Waals surface area contributed by atoms with Gasteiger partial charge < -0.3 is 19.4 Å². The van der Waals surface area contributed by atoms with Gasteiger partial charge >= 0.3 is 0 Å². The van der Waals surface area contributed by atoms with E-state index in [1.54, 1.807) is 18.2 Å². The molecule has 6 nitrogen and oxygen atoms in total. The van der Waals surface area contributed by atoms with Gasteiger partial charge in [-0.1, -0.05) is 30.0 Å². The molecule has 134 valence electrons. The number of amides is 1. The van der Waals surface area contributed by atoms with Gasteiger partial charge in [-0.2, -0.15) is 0 Å². The monoisotopic (exact) mass is 380 g/mol. The lowest BCUT2D eigenvalue weighted by molar-refractivity contribution is -0.305. The Labute approximate surface area is 155 Å². The fraction of sp³-hybridized carbons (Fsp3) is 0.353. The molecule has 0 radical (unpaired) electrons. The van der Waals surface area contributed by atoms with Crippen LogP contribution in [0.2, 0.25) is 0 Å². The molecule has 1 amide bonds. The molecular weight excluding hydrogens is 362 g/mol. The van der Waals surface area contributed by atoms with Crippen molar-refractivity contribution in [2.75, 3.05) is 19.8 Å². The van der Waals surface area contributed by atoms with Gasteiger partial charge in [0.1, 0.15) is 4.32 Å². The van der Waals surface area contributed by atoms with Gasteiger partial charge in [0.05, 0.1) is 18.1 Å². The fourth-order valence-electron chi connectivity index (χ4n) is 2.20. The number of carbonyl (C=O) groups is 2. The first-order valence-electron chi connectivity index (χ1n) is 7.81. The molecule has 1 aliphatic heterocycles. The highest BCUT2D eigenvalue weighted by molar-refractivity contribution is 8.26. The van der Waals surface area contributed by atoms with Crippen LogP contribution in [0.3, 0.4) is 0 Å². The molecule has 0 N–H and O–H groups in total. The van der Waals surface area contributed by atoms with Crippen molar-refractivity contribution in [3.63, 3.8) is 0 Å². The van der Waals surface area contributed by atoms with Crippen LogP contribution in [0.25, 0.3) is 6.08 Å². The molecular formula is C17H18NO5S2-. The lowest BCUT2D eigenvalue weighted by Gasteiger charge is -2.14. The second-order valence-corrected chi connectivity index (χ2v) is 6.70. The minimum absolute atomic E-state index is 0.0117. The normalized spacial score (nSPS) is 15.8.